The Morgan fingerprint density at radius 1 is 1.00 bits per heavy atom. The van der Waals surface area contributed by atoms with Crippen LogP contribution >= 0.6 is 0 Å². The van der Waals surface area contributed by atoms with E-state index in [1.165, 1.54) is 0 Å². The zero-order valence-corrected chi connectivity index (χ0v) is 12.2. The number of aromatic hydroxyl groups is 1. The summed E-state index contributed by atoms with van der Waals surface area (Å²) < 4.78 is 39.1. The number of rotatable bonds is 6. The minimum Gasteiger partial charge on any atom is -0.508 e. The second kappa shape index (κ2) is 7.31. The molecule has 5 heteroatoms. The zero-order chi connectivity index (χ0) is 16.1. The van der Waals surface area contributed by atoms with Crippen molar-refractivity contribution in [2.45, 2.75) is 32.4 Å². The monoisotopic (exact) mass is 309 g/mol. The zero-order valence-electron chi connectivity index (χ0n) is 12.2. The first kappa shape index (κ1) is 16.4. The van der Waals surface area contributed by atoms with E-state index < -0.39 is 17.5 Å². The van der Waals surface area contributed by atoms with Gasteiger partial charge in [0.25, 0.3) is 0 Å². The van der Waals surface area contributed by atoms with Gasteiger partial charge < -0.3 is 10.4 Å². The third-order valence-corrected chi connectivity index (χ3v) is 3.50. The van der Waals surface area contributed by atoms with E-state index in [9.17, 15) is 18.3 Å². The Bertz CT molecular complexity index is 605. The van der Waals surface area contributed by atoms with Crippen molar-refractivity contribution in [1.82, 2.24) is 5.32 Å². The number of hydrogen-bond donors (Lipinski definition) is 2. The van der Waals surface area contributed by atoms with E-state index in [0.29, 0.717) is 5.56 Å². The van der Waals surface area contributed by atoms with Crippen LogP contribution in [0.3, 0.4) is 0 Å². The predicted octanol–water partition coefficient (Wildman–Crippen LogP) is 3.92. The number of phenols is 1. The average Bonchev–Trinajstić information content (AvgIpc) is 2.50. The fourth-order valence-corrected chi connectivity index (χ4v) is 2.15. The van der Waals surface area contributed by atoms with Crippen LogP contribution in [-0.2, 0) is 13.0 Å². The van der Waals surface area contributed by atoms with E-state index in [4.69, 9.17) is 0 Å². The maximum Gasteiger partial charge on any atom is 0.194 e. The van der Waals surface area contributed by atoms with E-state index in [-0.39, 0.29) is 18.3 Å². The van der Waals surface area contributed by atoms with Gasteiger partial charge in [-0.2, -0.15) is 0 Å². The summed E-state index contributed by atoms with van der Waals surface area (Å²) in [5.74, 6) is -3.55. The van der Waals surface area contributed by atoms with E-state index in [1.807, 2.05) is 19.1 Å². The summed E-state index contributed by atoms with van der Waals surface area (Å²) in [6.45, 7) is 2.24. The highest BCUT2D eigenvalue weighted by atomic mass is 19.2. The van der Waals surface area contributed by atoms with Crippen molar-refractivity contribution < 1.29 is 18.3 Å². The fraction of sp³-hybridized carbons (Fsp3) is 0.294. The normalized spacial score (nSPS) is 12.4. The molecule has 2 N–H and O–H groups in total. The molecule has 2 aromatic rings. The van der Waals surface area contributed by atoms with Gasteiger partial charge in [-0.25, -0.2) is 13.2 Å². The van der Waals surface area contributed by atoms with Gasteiger partial charge in [-0.3, -0.25) is 0 Å². The molecular weight excluding hydrogens is 291 g/mol. The molecule has 2 nitrogen and oxygen atoms in total. The molecule has 0 fully saturated rings. The van der Waals surface area contributed by atoms with Gasteiger partial charge in [-0.1, -0.05) is 12.1 Å². The number of phenolic OH excluding ortho intramolecular Hbond substituents is 1. The summed E-state index contributed by atoms with van der Waals surface area (Å²) in [4.78, 5) is 0. The number of hydrogen-bond acceptors (Lipinski definition) is 2. The topological polar surface area (TPSA) is 32.3 Å². The molecule has 0 amide bonds. The van der Waals surface area contributed by atoms with E-state index in [2.05, 4.69) is 5.32 Å². The highest BCUT2D eigenvalue weighted by Crippen LogP contribution is 2.14. The Morgan fingerprint density at radius 3 is 2.18 bits per heavy atom. The number of aryl methyl sites for hydroxylation is 1. The van der Waals surface area contributed by atoms with E-state index in [1.54, 1.807) is 12.1 Å². The largest absolute Gasteiger partial charge is 0.508 e. The van der Waals surface area contributed by atoms with Crippen LogP contribution in [0.5, 0.6) is 5.75 Å². The van der Waals surface area contributed by atoms with Crippen LogP contribution in [0.25, 0.3) is 0 Å². The van der Waals surface area contributed by atoms with Crippen molar-refractivity contribution in [2.24, 2.45) is 0 Å². The van der Waals surface area contributed by atoms with Crippen molar-refractivity contribution in [3.8, 4) is 5.75 Å². The lowest BCUT2D eigenvalue weighted by atomic mass is 10.1. The van der Waals surface area contributed by atoms with Crippen LogP contribution < -0.4 is 5.32 Å². The summed E-state index contributed by atoms with van der Waals surface area (Å²) in [6, 6.07) is 9.11. The molecule has 0 heterocycles. The van der Waals surface area contributed by atoms with Crippen LogP contribution in [0.4, 0.5) is 13.2 Å². The number of nitrogens with one attached hydrogen (secondary N) is 1. The summed E-state index contributed by atoms with van der Waals surface area (Å²) in [5, 5.41) is 12.4. The molecule has 1 atom stereocenters. The van der Waals surface area contributed by atoms with E-state index >= 15 is 0 Å². The molecule has 0 radical (unpaired) electrons. The second-order valence-corrected chi connectivity index (χ2v) is 5.36. The van der Waals surface area contributed by atoms with Gasteiger partial charge in [0.15, 0.2) is 17.5 Å². The lowest BCUT2D eigenvalue weighted by Gasteiger charge is -2.14. The SMILES string of the molecule is CC(CCc1ccc(O)cc1)NCc1cc(F)c(F)c(F)c1. The molecule has 0 aromatic heterocycles. The van der Waals surface area contributed by atoms with Crippen molar-refractivity contribution in [3.63, 3.8) is 0 Å². The van der Waals surface area contributed by atoms with Crippen LogP contribution in [0.15, 0.2) is 36.4 Å². The Labute approximate surface area is 127 Å². The smallest absolute Gasteiger partial charge is 0.194 e. The molecule has 0 aliphatic heterocycles. The van der Waals surface area contributed by atoms with Gasteiger partial charge in [-0.15, -0.1) is 0 Å². The van der Waals surface area contributed by atoms with Crippen molar-refractivity contribution >= 4 is 0 Å². The fourth-order valence-electron chi connectivity index (χ4n) is 2.15. The molecule has 0 saturated carbocycles. The van der Waals surface area contributed by atoms with E-state index in [0.717, 1.165) is 30.5 Å². The molecule has 0 aliphatic carbocycles. The molecule has 1 unspecified atom stereocenters. The maximum atomic E-state index is 13.1. The summed E-state index contributed by atoms with van der Waals surface area (Å²) in [7, 11) is 0. The average molecular weight is 309 g/mol. The molecule has 118 valence electrons. The summed E-state index contributed by atoms with van der Waals surface area (Å²) in [6.07, 6.45) is 1.65. The molecular formula is C17H18F3NO. The Morgan fingerprint density at radius 2 is 1.59 bits per heavy atom. The number of benzene rings is 2. The highest BCUT2D eigenvalue weighted by Gasteiger charge is 2.11. The van der Waals surface area contributed by atoms with Crippen molar-refractivity contribution in [1.29, 1.82) is 0 Å². The summed E-state index contributed by atoms with van der Waals surface area (Å²) >= 11 is 0. The molecule has 0 saturated heterocycles. The first-order valence-electron chi connectivity index (χ1n) is 7.10. The van der Waals surface area contributed by atoms with Crippen LogP contribution in [0.1, 0.15) is 24.5 Å². The highest BCUT2D eigenvalue weighted by molar-refractivity contribution is 5.26. The van der Waals surface area contributed by atoms with Gasteiger partial charge in [0.05, 0.1) is 0 Å². The molecule has 0 bridgehead atoms. The van der Waals surface area contributed by atoms with Crippen LogP contribution in [-0.4, -0.2) is 11.1 Å². The first-order valence-corrected chi connectivity index (χ1v) is 7.10. The third-order valence-electron chi connectivity index (χ3n) is 3.50. The van der Waals surface area contributed by atoms with Crippen molar-refractivity contribution in [3.05, 3.63) is 65.0 Å². The van der Waals surface area contributed by atoms with Crippen LogP contribution in [0.2, 0.25) is 0 Å². The van der Waals surface area contributed by atoms with Gasteiger partial charge in [-0.05, 0) is 55.2 Å². The molecule has 2 rings (SSSR count). The molecule has 0 spiro atoms. The van der Waals surface area contributed by atoms with Gasteiger partial charge >= 0.3 is 0 Å². The summed E-state index contributed by atoms with van der Waals surface area (Å²) in [5.41, 5.74) is 1.47. The maximum absolute atomic E-state index is 13.1. The Hall–Kier alpha value is -2.01. The van der Waals surface area contributed by atoms with Gasteiger partial charge in [0.2, 0.25) is 0 Å². The number of halogens is 3. The Balaban J connectivity index is 1.82. The third kappa shape index (κ3) is 4.49. The standard InChI is InChI=1S/C17H18F3NO/c1-11(2-3-12-4-6-14(22)7-5-12)21-10-13-8-15(18)17(20)16(19)9-13/h4-9,11,21-22H,2-3,10H2,1H3. The Kier molecular flexibility index (Phi) is 5.44. The minimum absolute atomic E-state index is 0.130. The lowest BCUT2D eigenvalue weighted by molar-refractivity contribution is 0.442. The van der Waals surface area contributed by atoms with Gasteiger partial charge in [0.1, 0.15) is 5.75 Å². The van der Waals surface area contributed by atoms with Crippen molar-refractivity contribution in [2.75, 3.05) is 0 Å². The molecule has 22 heavy (non-hydrogen) atoms. The molecule has 0 aliphatic rings. The second-order valence-electron chi connectivity index (χ2n) is 5.36. The minimum atomic E-state index is -1.44. The predicted molar refractivity (Wildman–Crippen MR) is 79.0 cm³/mol. The van der Waals surface area contributed by atoms with Crippen LogP contribution in [0, 0.1) is 17.5 Å². The quantitative estimate of drug-likeness (QED) is 0.793. The molecule has 2 aromatic carbocycles. The lowest BCUT2D eigenvalue weighted by Crippen LogP contribution is -2.26. The van der Waals surface area contributed by atoms with Gasteiger partial charge in [0, 0.05) is 12.6 Å². The first-order chi connectivity index (χ1) is 10.5.